The minimum Gasteiger partial charge on any atom is -0.493 e. The first-order valence-corrected chi connectivity index (χ1v) is 14.9. The molecule has 12 heteroatoms. The lowest BCUT2D eigenvalue weighted by Crippen LogP contribution is -2.43. The highest BCUT2D eigenvalue weighted by molar-refractivity contribution is 7.98. The van der Waals surface area contributed by atoms with Gasteiger partial charge >= 0.3 is 0 Å². The number of morpholine rings is 1. The molecule has 2 aliphatic heterocycles. The summed E-state index contributed by atoms with van der Waals surface area (Å²) in [6.45, 7) is 2.06. The Balaban J connectivity index is 1.27. The maximum Gasteiger partial charge on any atom is 0.260 e. The number of fused-ring (bicyclic) bond motifs is 1. The summed E-state index contributed by atoms with van der Waals surface area (Å²) in [6.07, 6.45) is 2.03. The molecule has 3 aromatic rings. The van der Waals surface area contributed by atoms with Gasteiger partial charge in [-0.1, -0.05) is 47.6 Å². The van der Waals surface area contributed by atoms with Crippen LogP contribution in [0.2, 0.25) is 5.02 Å². The Morgan fingerprint density at radius 3 is 2.80 bits per heavy atom. The number of allylic oxidation sites excluding steroid dienone is 2. The van der Waals surface area contributed by atoms with Gasteiger partial charge in [-0.15, -0.1) is 5.10 Å². The van der Waals surface area contributed by atoms with E-state index in [1.807, 2.05) is 36.4 Å². The second kappa shape index (κ2) is 12.1. The number of carbonyl (C=O) groups excluding carboxylic acids is 2. The van der Waals surface area contributed by atoms with Gasteiger partial charge in [-0.05, 0) is 42.2 Å². The van der Waals surface area contributed by atoms with Gasteiger partial charge in [-0.3, -0.25) is 9.59 Å². The quantitative estimate of drug-likeness (QED) is 0.377. The fraction of sp³-hybridized carbons (Fsp3) is 0.379. The van der Waals surface area contributed by atoms with E-state index < -0.39 is 6.04 Å². The molecule has 1 aliphatic carbocycles. The molecule has 3 heterocycles. The number of amides is 1. The number of methoxy groups -OCH3 is 1. The van der Waals surface area contributed by atoms with Crippen molar-refractivity contribution in [3.63, 3.8) is 0 Å². The van der Waals surface area contributed by atoms with Crippen LogP contribution in [0.25, 0.3) is 0 Å². The lowest BCUT2D eigenvalue weighted by Gasteiger charge is -2.32. The minimum atomic E-state index is -0.478. The Morgan fingerprint density at radius 1 is 1.17 bits per heavy atom. The highest BCUT2D eigenvalue weighted by Crippen LogP contribution is 2.42. The topological polar surface area (TPSA) is 108 Å². The molecule has 41 heavy (non-hydrogen) atoms. The maximum absolute atomic E-state index is 13.2. The lowest BCUT2D eigenvalue weighted by molar-refractivity contribution is -0.137. The van der Waals surface area contributed by atoms with Crippen molar-refractivity contribution in [2.45, 2.75) is 36.2 Å². The third-order valence-corrected chi connectivity index (χ3v) is 8.64. The second-order valence-electron chi connectivity index (χ2n) is 9.93. The van der Waals surface area contributed by atoms with Crippen LogP contribution in [0.4, 0.5) is 5.95 Å². The first kappa shape index (κ1) is 27.6. The SMILES string of the molecule is COc1cc(C2C3=C(CCCC3=O)Nc3nc(SCc4ccccc4Cl)nn32)ccc1OCC(=O)N1CCOCC1. The van der Waals surface area contributed by atoms with E-state index in [9.17, 15) is 9.59 Å². The highest BCUT2D eigenvalue weighted by atomic mass is 35.5. The molecule has 1 atom stereocenters. The van der Waals surface area contributed by atoms with Crippen LogP contribution in [-0.4, -0.2) is 71.4 Å². The average Bonchev–Trinajstić information content (AvgIpc) is 3.41. The number of ether oxygens (including phenoxy) is 3. The molecule has 1 amide bonds. The number of nitrogens with zero attached hydrogens (tertiary/aromatic N) is 4. The van der Waals surface area contributed by atoms with Crippen LogP contribution in [0.15, 0.2) is 58.9 Å². The third kappa shape index (κ3) is 5.79. The van der Waals surface area contributed by atoms with Gasteiger partial charge in [0.25, 0.3) is 5.91 Å². The van der Waals surface area contributed by atoms with Crippen molar-refractivity contribution in [2.24, 2.45) is 0 Å². The number of thioether (sulfide) groups is 1. The summed E-state index contributed by atoms with van der Waals surface area (Å²) >= 11 is 7.83. The van der Waals surface area contributed by atoms with Gasteiger partial charge in [-0.2, -0.15) is 4.98 Å². The molecule has 1 N–H and O–H groups in total. The number of ketones is 1. The molecule has 6 rings (SSSR count). The summed E-state index contributed by atoms with van der Waals surface area (Å²) in [6, 6.07) is 12.7. The molecule has 1 unspecified atom stereocenters. The predicted molar refractivity (Wildman–Crippen MR) is 155 cm³/mol. The molecule has 1 fully saturated rings. The predicted octanol–water partition coefficient (Wildman–Crippen LogP) is 4.49. The number of hydrogen-bond acceptors (Lipinski definition) is 9. The Labute approximate surface area is 247 Å². The fourth-order valence-corrected chi connectivity index (χ4v) is 6.40. The molecule has 0 spiro atoms. The van der Waals surface area contributed by atoms with Crippen molar-refractivity contribution in [3.8, 4) is 11.5 Å². The van der Waals surface area contributed by atoms with Gasteiger partial charge in [0, 0.05) is 41.6 Å². The summed E-state index contributed by atoms with van der Waals surface area (Å²) in [4.78, 5) is 32.3. The minimum absolute atomic E-state index is 0.0885. The van der Waals surface area contributed by atoms with Gasteiger partial charge < -0.3 is 24.4 Å². The van der Waals surface area contributed by atoms with Crippen molar-refractivity contribution in [1.82, 2.24) is 19.7 Å². The second-order valence-corrected chi connectivity index (χ2v) is 11.3. The van der Waals surface area contributed by atoms with Crippen LogP contribution >= 0.6 is 23.4 Å². The Kier molecular flexibility index (Phi) is 8.18. The van der Waals surface area contributed by atoms with E-state index >= 15 is 0 Å². The van der Waals surface area contributed by atoms with E-state index in [0.29, 0.717) is 71.7 Å². The number of rotatable bonds is 8. The molecular weight excluding hydrogens is 566 g/mol. The summed E-state index contributed by atoms with van der Waals surface area (Å²) < 4.78 is 18.6. The molecule has 1 aromatic heterocycles. The number of halogens is 1. The number of anilines is 1. The molecule has 0 radical (unpaired) electrons. The molecule has 0 bridgehead atoms. The fourth-order valence-electron chi connectivity index (χ4n) is 5.28. The van der Waals surface area contributed by atoms with Crippen molar-refractivity contribution in [1.29, 1.82) is 0 Å². The highest BCUT2D eigenvalue weighted by Gasteiger charge is 2.37. The molecule has 0 saturated carbocycles. The van der Waals surface area contributed by atoms with E-state index in [4.69, 9.17) is 35.9 Å². The molecule has 3 aliphatic rings. The normalized spacial score (nSPS) is 18.4. The van der Waals surface area contributed by atoms with E-state index in [2.05, 4.69) is 5.32 Å². The standard InChI is InChI=1S/C29H30ClN5O5S/c1-38-24-15-18(9-10-23(24)40-16-25(37)34-11-13-39-14-12-34)27-26-21(7-4-8-22(26)36)31-28-32-29(33-35(27)28)41-17-19-5-2-3-6-20(19)30/h2-3,5-6,9-10,15,27H,4,7-8,11-14,16-17H2,1H3,(H,31,32,33). The smallest absolute Gasteiger partial charge is 0.260 e. The monoisotopic (exact) mass is 595 g/mol. The van der Waals surface area contributed by atoms with Crippen LogP contribution in [-0.2, 0) is 20.1 Å². The van der Waals surface area contributed by atoms with Crippen molar-refractivity contribution in [2.75, 3.05) is 45.3 Å². The first-order valence-electron chi connectivity index (χ1n) is 13.5. The van der Waals surface area contributed by atoms with Crippen LogP contribution in [0.5, 0.6) is 11.5 Å². The Hall–Kier alpha value is -3.54. The zero-order valence-corrected chi connectivity index (χ0v) is 24.2. The summed E-state index contributed by atoms with van der Waals surface area (Å²) in [5.74, 6) is 2.10. The number of hydrogen-bond donors (Lipinski definition) is 1. The third-order valence-electron chi connectivity index (χ3n) is 7.38. The molecule has 1 saturated heterocycles. The summed E-state index contributed by atoms with van der Waals surface area (Å²) in [5, 5.41) is 9.46. The number of aromatic nitrogens is 3. The van der Waals surface area contributed by atoms with Gasteiger partial charge in [0.2, 0.25) is 11.1 Å². The number of carbonyl (C=O) groups is 2. The zero-order valence-electron chi connectivity index (χ0n) is 22.6. The lowest BCUT2D eigenvalue weighted by atomic mass is 9.85. The Morgan fingerprint density at radius 2 is 2.00 bits per heavy atom. The maximum atomic E-state index is 13.2. The van der Waals surface area contributed by atoms with E-state index in [-0.39, 0.29) is 18.3 Å². The molecular formula is C29H30ClN5O5S. The van der Waals surface area contributed by atoms with Crippen LogP contribution < -0.4 is 14.8 Å². The summed E-state index contributed by atoms with van der Waals surface area (Å²) in [5.41, 5.74) is 3.38. The molecule has 2 aromatic carbocycles. The largest absolute Gasteiger partial charge is 0.493 e. The molecule has 10 nitrogen and oxygen atoms in total. The van der Waals surface area contributed by atoms with E-state index in [1.54, 1.807) is 22.8 Å². The van der Waals surface area contributed by atoms with Crippen molar-refractivity contribution >= 4 is 41.0 Å². The first-order chi connectivity index (χ1) is 20.0. The van der Waals surface area contributed by atoms with Gasteiger partial charge in [-0.25, -0.2) is 4.68 Å². The molecule has 214 valence electrons. The van der Waals surface area contributed by atoms with Crippen LogP contribution in [0, 0.1) is 0 Å². The van der Waals surface area contributed by atoms with E-state index in [0.717, 1.165) is 29.7 Å². The zero-order chi connectivity index (χ0) is 28.3. The Bertz CT molecular complexity index is 1500. The van der Waals surface area contributed by atoms with Gasteiger partial charge in [0.1, 0.15) is 6.04 Å². The number of benzene rings is 2. The van der Waals surface area contributed by atoms with Crippen molar-refractivity contribution < 1.29 is 23.8 Å². The van der Waals surface area contributed by atoms with Gasteiger partial charge in [0.05, 0.1) is 20.3 Å². The van der Waals surface area contributed by atoms with Crippen molar-refractivity contribution in [3.05, 3.63) is 69.9 Å². The van der Waals surface area contributed by atoms with Crippen LogP contribution in [0.1, 0.15) is 36.4 Å². The number of nitrogens with one attached hydrogen (secondary N) is 1. The van der Waals surface area contributed by atoms with Crippen LogP contribution in [0.3, 0.4) is 0 Å². The summed E-state index contributed by atoms with van der Waals surface area (Å²) in [7, 11) is 1.55. The van der Waals surface area contributed by atoms with Gasteiger partial charge in [0.15, 0.2) is 23.9 Å². The van der Waals surface area contributed by atoms with E-state index in [1.165, 1.54) is 11.8 Å². The number of Topliss-reactive ketones (excluding diaryl/α,β-unsaturated/α-hetero) is 1. The average molecular weight is 596 g/mol.